The molecular weight excluding hydrogens is 186 g/mol. The summed E-state index contributed by atoms with van der Waals surface area (Å²) >= 11 is 5.01. The van der Waals surface area contributed by atoms with Crippen molar-refractivity contribution in [3.05, 3.63) is 23.0 Å². The molecule has 4 N–H and O–H groups in total. The van der Waals surface area contributed by atoms with Gasteiger partial charge in [0.05, 0.1) is 0 Å². The van der Waals surface area contributed by atoms with Crippen LogP contribution in [0, 0.1) is 4.64 Å². The van der Waals surface area contributed by atoms with Crippen molar-refractivity contribution in [2.24, 2.45) is 5.84 Å². The van der Waals surface area contributed by atoms with Crippen LogP contribution in [0.4, 0.5) is 5.82 Å². The van der Waals surface area contributed by atoms with Gasteiger partial charge < -0.3 is 5.43 Å². The number of aromatic nitrogens is 3. The first-order valence-corrected chi connectivity index (χ1v) is 4.04. The SMILES string of the molecule is NNc1n[nH]c(=S)c2ncccc12. The Labute approximate surface area is 79.0 Å². The lowest BCUT2D eigenvalue weighted by Gasteiger charge is -2.02. The van der Waals surface area contributed by atoms with Crippen LogP contribution in [0.1, 0.15) is 0 Å². The highest BCUT2D eigenvalue weighted by atomic mass is 32.1. The van der Waals surface area contributed by atoms with Gasteiger partial charge in [-0.2, -0.15) is 5.10 Å². The smallest absolute Gasteiger partial charge is 0.169 e. The molecule has 2 aromatic rings. The van der Waals surface area contributed by atoms with Crippen LogP contribution >= 0.6 is 12.2 Å². The summed E-state index contributed by atoms with van der Waals surface area (Å²) < 4.78 is 0.509. The maximum Gasteiger partial charge on any atom is 0.169 e. The van der Waals surface area contributed by atoms with Crippen LogP contribution in [0.15, 0.2) is 18.3 Å². The summed E-state index contributed by atoms with van der Waals surface area (Å²) in [6, 6.07) is 3.66. The molecule has 0 unspecified atom stereocenters. The maximum absolute atomic E-state index is 5.27. The minimum absolute atomic E-state index is 0.509. The Hall–Kier alpha value is -1.53. The quantitative estimate of drug-likeness (QED) is 0.357. The van der Waals surface area contributed by atoms with Crippen molar-refractivity contribution in [1.29, 1.82) is 0 Å². The van der Waals surface area contributed by atoms with Gasteiger partial charge in [-0.05, 0) is 12.1 Å². The van der Waals surface area contributed by atoms with Gasteiger partial charge in [-0.3, -0.25) is 10.1 Å². The summed E-state index contributed by atoms with van der Waals surface area (Å²) in [6.45, 7) is 0. The van der Waals surface area contributed by atoms with Gasteiger partial charge in [-0.25, -0.2) is 5.84 Å². The van der Waals surface area contributed by atoms with Crippen LogP contribution < -0.4 is 11.3 Å². The zero-order chi connectivity index (χ0) is 9.26. The maximum atomic E-state index is 5.27. The number of pyridine rings is 1. The number of hydrogen-bond acceptors (Lipinski definition) is 5. The van der Waals surface area contributed by atoms with Crippen LogP contribution in [0.2, 0.25) is 0 Å². The normalized spacial score (nSPS) is 10.2. The Morgan fingerprint density at radius 1 is 1.54 bits per heavy atom. The number of rotatable bonds is 1. The first kappa shape index (κ1) is 8.09. The van der Waals surface area contributed by atoms with Crippen molar-refractivity contribution in [3.8, 4) is 0 Å². The predicted molar refractivity (Wildman–Crippen MR) is 52.5 cm³/mol. The molecule has 2 aromatic heterocycles. The Morgan fingerprint density at radius 2 is 2.38 bits per heavy atom. The molecule has 0 radical (unpaired) electrons. The molecule has 66 valence electrons. The number of nitrogens with zero attached hydrogens (tertiary/aromatic N) is 2. The third-order valence-electron chi connectivity index (χ3n) is 1.68. The van der Waals surface area contributed by atoms with Gasteiger partial charge in [0.15, 0.2) is 5.82 Å². The molecule has 0 amide bonds. The topological polar surface area (TPSA) is 79.6 Å². The van der Waals surface area contributed by atoms with Crippen molar-refractivity contribution in [2.75, 3.05) is 5.43 Å². The van der Waals surface area contributed by atoms with Crippen molar-refractivity contribution < 1.29 is 0 Å². The van der Waals surface area contributed by atoms with Crippen LogP contribution in [0.3, 0.4) is 0 Å². The number of nitrogens with one attached hydrogen (secondary N) is 2. The monoisotopic (exact) mass is 193 g/mol. The van der Waals surface area contributed by atoms with E-state index in [1.54, 1.807) is 12.3 Å². The number of hydrazine groups is 1. The van der Waals surface area contributed by atoms with E-state index in [1.165, 1.54) is 0 Å². The van der Waals surface area contributed by atoms with E-state index < -0.39 is 0 Å². The van der Waals surface area contributed by atoms with Crippen LogP contribution in [-0.4, -0.2) is 15.2 Å². The molecular formula is C7H7N5S. The van der Waals surface area contributed by atoms with Gasteiger partial charge >= 0.3 is 0 Å². The molecule has 0 fully saturated rings. The first-order valence-electron chi connectivity index (χ1n) is 3.63. The van der Waals surface area contributed by atoms with Gasteiger partial charge in [-0.1, -0.05) is 12.2 Å². The third-order valence-corrected chi connectivity index (χ3v) is 1.97. The first-order chi connectivity index (χ1) is 6.33. The second-order valence-corrected chi connectivity index (χ2v) is 2.85. The summed E-state index contributed by atoms with van der Waals surface area (Å²) in [5, 5.41) is 7.39. The summed E-state index contributed by atoms with van der Waals surface area (Å²) in [4.78, 5) is 4.12. The zero-order valence-corrected chi connectivity index (χ0v) is 7.43. The molecule has 2 rings (SSSR count). The molecule has 0 saturated heterocycles. The summed E-state index contributed by atoms with van der Waals surface area (Å²) in [5.74, 6) is 5.81. The molecule has 0 atom stereocenters. The molecule has 0 aromatic carbocycles. The van der Waals surface area contributed by atoms with Gasteiger partial charge in [-0.15, -0.1) is 0 Å². The average molecular weight is 193 g/mol. The molecule has 13 heavy (non-hydrogen) atoms. The summed E-state index contributed by atoms with van der Waals surface area (Å²) in [7, 11) is 0. The Balaban J connectivity index is 2.93. The second kappa shape index (κ2) is 3.08. The van der Waals surface area contributed by atoms with E-state index in [2.05, 4.69) is 20.6 Å². The highest BCUT2D eigenvalue weighted by Gasteiger charge is 2.02. The minimum atomic E-state index is 0.509. The Morgan fingerprint density at radius 3 is 3.15 bits per heavy atom. The molecule has 2 heterocycles. The Bertz CT molecular complexity index is 491. The lowest BCUT2D eigenvalue weighted by molar-refractivity contribution is 1.02. The summed E-state index contributed by atoms with van der Waals surface area (Å²) in [6.07, 6.45) is 1.67. The highest BCUT2D eigenvalue weighted by Crippen LogP contribution is 2.16. The lowest BCUT2D eigenvalue weighted by Crippen LogP contribution is -2.10. The Kier molecular flexibility index (Phi) is 1.91. The second-order valence-electron chi connectivity index (χ2n) is 2.45. The number of fused-ring (bicyclic) bond motifs is 1. The number of H-pyrrole nitrogens is 1. The molecule has 0 aliphatic heterocycles. The third kappa shape index (κ3) is 1.25. The fourth-order valence-corrected chi connectivity index (χ4v) is 1.32. The standard InChI is InChI=1S/C7H7N5S/c8-10-6-4-2-1-3-9-5(4)7(13)12-11-6/h1-3H,8H2,(H,10,11)(H,12,13). The van der Waals surface area contributed by atoms with Crippen molar-refractivity contribution in [1.82, 2.24) is 15.2 Å². The van der Waals surface area contributed by atoms with E-state index in [1.807, 2.05) is 6.07 Å². The van der Waals surface area contributed by atoms with E-state index >= 15 is 0 Å². The van der Waals surface area contributed by atoms with Crippen LogP contribution in [0.25, 0.3) is 10.9 Å². The molecule has 0 saturated carbocycles. The van der Waals surface area contributed by atoms with Gasteiger partial charge in [0.2, 0.25) is 0 Å². The molecule has 0 spiro atoms. The zero-order valence-electron chi connectivity index (χ0n) is 6.61. The van der Waals surface area contributed by atoms with E-state index in [0.29, 0.717) is 16.0 Å². The number of nitrogen functional groups attached to an aromatic ring is 1. The number of hydrogen-bond donors (Lipinski definition) is 3. The highest BCUT2D eigenvalue weighted by molar-refractivity contribution is 7.71. The van der Waals surface area contributed by atoms with E-state index in [0.717, 1.165) is 5.39 Å². The van der Waals surface area contributed by atoms with E-state index in [-0.39, 0.29) is 0 Å². The molecule has 0 aliphatic carbocycles. The number of aromatic amines is 1. The molecule has 0 aliphatic rings. The van der Waals surface area contributed by atoms with Crippen molar-refractivity contribution in [3.63, 3.8) is 0 Å². The molecule has 5 nitrogen and oxygen atoms in total. The van der Waals surface area contributed by atoms with Crippen LogP contribution in [0.5, 0.6) is 0 Å². The fraction of sp³-hybridized carbons (Fsp3) is 0. The lowest BCUT2D eigenvalue weighted by atomic mass is 10.3. The van der Waals surface area contributed by atoms with Crippen LogP contribution in [-0.2, 0) is 0 Å². The van der Waals surface area contributed by atoms with E-state index in [4.69, 9.17) is 18.1 Å². The predicted octanol–water partition coefficient (Wildman–Crippen LogP) is 0.973. The van der Waals surface area contributed by atoms with E-state index in [9.17, 15) is 0 Å². The van der Waals surface area contributed by atoms with Gasteiger partial charge in [0, 0.05) is 11.6 Å². The van der Waals surface area contributed by atoms with Gasteiger partial charge in [0.25, 0.3) is 0 Å². The average Bonchev–Trinajstić information content (AvgIpc) is 2.19. The van der Waals surface area contributed by atoms with Crippen molar-refractivity contribution >= 4 is 28.9 Å². The number of nitrogens with two attached hydrogens (primary N) is 1. The fourth-order valence-electron chi connectivity index (χ4n) is 1.11. The molecule has 6 heteroatoms. The summed E-state index contributed by atoms with van der Waals surface area (Å²) in [5.41, 5.74) is 3.16. The van der Waals surface area contributed by atoms with Crippen molar-refractivity contribution in [2.45, 2.75) is 0 Å². The largest absolute Gasteiger partial charge is 0.306 e. The van der Waals surface area contributed by atoms with Gasteiger partial charge in [0.1, 0.15) is 10.2 Å². The minimum Gasteiger partial charge on any atom is -0.306 e. The molecule has 0 bridgehead atoms. The number of anilines is 1.